The quantitative estimate of drug-likeness (QED) is 0.399. The molecular weight excluding hydrogens is 452 g/mol. The zero-order chi connectivity index (χ0) is 25.2. The Morgan fingerprint density at radius 2 is 1.91 bits per heavy atom. The molecule has 10 heteroatoms. The molecule has 0 saturated carbocycles. The molecule has 10 nitrogen and oxygen atoms in total. The molecule has 1 atom stereocenters. The van der Waals surface area contributed by atoms with Crippen LogP contribution in [0.4, 0.5) is 10.6 Å². The van der Waals surface area contributed by atoms with Gasteiger partial charge in [0.2, 0.25) is 0 Å². The summed E-state index contributed by atoms with van der Waals surface area (Å²) >= 11 is 0. The third-order valence-electron chi connectivity index (χ3n) is 5.84. The number of aryl methyl sites for hydroxylation is 2. The van der Waals surface area contributed by atoms with Crippen LogP contribution in [0.5, 0.6) is 6.01 Å². The predicted molar refractivity (Wildman–Crippen MR) is 128 cm³/mol. The largest absolute Gasteiger partial charge is 0.469 e. The van der Waals surface area contributed by atoms with Crippen LogP contribution in [-0.4, -0.2) is 58.7 Å². The molecule has 3 rings (SSSR count). The topological polar surface area (TPSA) is 132 Å². The molecule has 0 spiro atoms. The molecule has 0 radical (unpaired) electrons. The SMILES string of the molecule is COC(=O)C[C@H](CC(=O)C=CCCc1ccc2c(n1)N(C(=O)O)CCCC2)c1cnc(OC)nc1. The molecule has 35 heavy (non-hydrogen) atoms. The fraction of sp³-hybridized carbons (Fsp3) is 0.440. The summed E-state index contributed by atoms with van der Waals surface area (Å²) in [6.45, 7) is 0.444. The van der Waals surface area contributed by atoms with Gasteiger partial charge in [-0.15, -0.1) is 0 Å². The van der Waals surface area contributed by atoms with Crippen LogP contribution >= 0.6 is 0 Å². The highest BCUT2D eigenvalue weighted by atomic mass is 16.5. The number of methoxy groups -OCH3 is 2. The lowest BCUT2D eigenvalue weighted by Gasteiger charge is -2.18. The van der Waals surface area contributed by atoms with Crippen LogP contribution in [0, 0.1) is 0 Å². The predicted octanol–water partition coefficient (Wildman–Crippen LogP) is 3.50. The van der Waals surface area contributed by atoms with Crippen LogP contribution in [0.15, 0.2) is 36.7 Å². The first-order valence-electron chi connectivity index (χ1n) is 11.5. The molecule has 2 aromatic heterocycles. The fourth-order valence-electron chi connectivity index (χ4n) is 3.95. The summed E-state index contributed by atoms with van der Waals surface area (Å²) in [4.78, 5) is 50.1. The zero-order valence-electron chi connectivity index (χ0n) is 20.0. The molecular formula is C25H30N4O6. The summed E-state index contributed by atoms with van der Waals surface area (Å²) in [7, 11) is 2.76. The Hall–Kier alpha value is -3.82. The molecule has 1 aliphatic rings. The van der Waals surface area contributed by atoms with Crippen molar-refractivity contribution in [1.82, 2.24) is 15.0 Å². The molecule has 0 bridgehead atoms. The lowest BCUT2D eigenvalue weighted by molar-refractivity contribution is -0.141. The minimum atomic E-state index is -0.993. The maximum atomic E-state index is 12.6. The second kappa shape index (κ2) is 12.6. The van der Waals surface area contributed by atoms with Gasteiger partial charge in [0.1, 0.15) is 5.82 Å². The number of carbonyl (C=O) groups is 3. The first-order chi connectivity index (χ1) is 16.9. The lowest BCUT2D eigenvalue weighted by atomic mass is 9.92. The summed E-state index contributed by atoms with van der Waals surface area (Å²) in [5, 5.41) is 9.52. The summed E-state index contributed by atoms with van der Waals surface area (Å²) < 4.78 is 9.72. The monoisotopic (exact) mass is 482 g/mol. The molecule has 0 aromatic carbocycles. The molecule has 186 valence electrons. The number of pyridine rings is 1. The number of carboxylic acid groups (broad SMARTS) is 1. The highest BCUT2D eigenvalue weighted by Gasteiger charge is 2.22. The van der Waals surface area contributed by atoms with Crippen molar-refractivity contribution in [3.63, 3.8) is 0 Å². The summed E-state index contributed by atoms with van der Waals surface area (Å²) in [5.41, 5.74) is 2.36. The number of allylic oxidation sites excluding steroid dienone is 2. The normalized spacial score (nSPS) is 14.2. The Morgan fingerprint density at radius 1 is 1.14 bits per heavy atom. The molecule has 1 aliphatic heterocycles. The number of aromatic nitrogens is 3. The number of esters is 1. The third kappa shape index (κ3) is 7.33. The third-order valence-corrected chi connectivity index (χ3v) is 5.84. The second-order valence-corrected chi connectivity index (χ2v) is 8.27. The first kappa shape index (κ1) is 25.8. The van der Waals surface area contributed by atoms with Crippen LogP contribution < -0.4 is 9.64 Å². The average Bonchev–Trinajstić information content (AvgIpc) is 3.08. The molecule has 0 aliphatic carbocycles. The van der Waals surface area contributed by atoms with Gasteiger partial charge in [-0.1, -0.05) is 12.1 Å². The Morgan fingerprint density at radius 3 is 2.60 bits per heavy atom. The first-order valence-corrected chi connectivity index (χ1v) is 11.5. The van der Waals surface area contributed by atoms with Gasteiger partial charge < -0.3 is 14.6 Å². The minimum Gasteiger partial charge on any atom is -0.469 e. The molecule has 0 unspecified atom stereocenters. The van der Waals surface area contributed by atoms with E-state index < -0.39 is 18.0 Å². The van der Waals surface area contributed by atoms with Crippen molar-refractivity contribution in [1.29, 1.82) is 0 Å². The van der Waals surface area contributed by atoms with Gasteiger partial charge in [0.15, 0.2) is 5.78 Å². The molecule has 0 saturated heterocycles. The van der Waals surface area contributed by atoms with Crippen LogP contribution in [-0.2, 0) is 27.2 Å². The number of amides is 1. The van der Waals surface area contributed by atoms with Gasteiger partial charge in [-0.3, -0.25) is 14.5 Å². The van der Waals surface area contributed by atoms with Crippen molar-refractivity contribution in [2.75, 3.05) is 25.7 Å². The number of fused-ring (bicyclic) bond motifs is 1. The number of carbonyl (C=O) groups excluding carboxylic acids is 2. The van der Waals surface area contributed by atoms with Crippen molar-refractivity contribution in [3.8, 4) is 6.01 Å². The van der Waals surface area contributed by atoms with Gasteiger partial charge in [-0.2, -0.15) is 0 Å². The van der Waals surface area contributed by atoms with Crippen molar-refractivity contribution in [3.05, 3.63) is 53.5 Å². The number of hydrogen-bond donors (Lipinski definition) is 1. The van der Waals surface area contributed by atoms with Crippen molar-refractivity contribution in [2.24, 2.45) is 0 Å². The van der Waals surface area contributed by atoms with E-state index >= 15 is 0 Å². The minimum absolute atomic E-state index is 0.0326. The van der Waals surface area contributed by atoms with Crippen LogP contribution in [0.1, 0.15) is 54.8 Å². The lowest BCUT2D eigenvalue weighted by Crippen LogP contribution is -2.31. The van der Waals surface area contributed by atoms with Gasteiger partial charge in [0.05, 0.1) is 20.6 Å². The van der Waals surface area contributed by atoms with Gasteiger partial charge in [0, 0.05) is 37.0 Å². The van der Waals surface area contributed by atoms with Crippen molar-refractivity contribution < 1.29 is 29.0 Å². The molecule has 3 heterocycles. The van der Waals surface area contributed by atoms with Crippen LogP contribution in [0.25, 0.3) is 0 Å². The Balaban J connectivity index is 1.60. The van der Waals surface area contributed by atoms with E-state index in [1.165, 1.54) is 25.2 Å². The van der Waals surface area contributed by atoms with E-state index in [2.05, 4.69) is 15.0 Å². The van der Waals surface area contributed by atoms with E-state index in [0.29, 0.717) is 30.8 Å². The number of hydrogen-bond acceptors (Lipinski definition) is 8. The van der Waals surface area contributed by atoms with E-state index in [1.54, 1.807) is 18.5 Å². The van der Waals surface area contributed by atoms with E-state index in [0.717, 1.165) is 30.5 Å². The number of anilines is 1. The van der Waals surface area contributed by atoms with Gasteiger partial charge in [-0.25, -0.2) is 19.7 Å². The zero-order valence-corrected chi connectivity index (χ0v) is 20.0. The van der Waals surface area contributed by atoms with Crippen LogP contribution in [0.2, 0.25) is 0 Å². The van der Waals surface area contributed by atoms with E-state index in [-0.39, 0.29) is 24.6 Å². The number of rotatable bonds is 10. The Bertz CT molecular complexity index is 1070. The van der Waals surface area contributed by atoms with Gasteiger partial charge in [0.25, 0.3) is 0 Å². The Labute approximate surface area is 204 Å². The van der Waals surface area contributed by atoms with Crippen molar-refractivity contribution >= 4 is 23.7 Å². The molecule has 0 fully saturated rings. The maximum Gasteiger partial charge on any atom is 0.413 e. The molecule has 2 aromatic rings. The fourth-order valence-corrected chi connectivity index (χ4v) is 3.95. The maximum absolute atomic E-state index is 12.6. The number of ether oxygens (including phenoxy) is 2. The standard InChI is InChI=1S/C25H30N4O6/c1-34-22(31)14-18(19-15-26-24(35-2)27-16-19)13-21(30)9-4-3-8-20-11-10-17-7-5-6-12-29(25(32)33)23(17)28-20/h4,9-11,15-16,18H,3,5-8,12-14H2,1-2H3,(H,32,33)/t18-/m0/s1. The Kier molecular flexibility index (Phi) is 9.28. The van der Waals surface area contributed by atoms with E-state index in [9.17, 15) is 19.5 Å². The number of ketones is 1. The van der Waals surface area contributed by atoms with Gasteiger partial charge in [-0.05, 0) is 55.4 Å². The average molecular weight is 483 g/mol. The molecule has 1 amide bonds. The second-order valence-electron chi connectivity index (χ2n) is 8.27. The number of nitrogens with zero attached hydrogens (tertiary/aromatic N) is 4. The highest BCUT2D eigenvalue weighted by molar-refractivity contribution is 5.90. The van der Waals surface area contributed by atoms with Gasteiger partial charge >= 0.3 is 18.1 Å². The summed E-state index contributed by atoms with van der Waals surface area (Å²) in [5.74, 6) is -0.465. The smallest absolute Gasteiger partial charge is 0.413 e. The van der Waals surface area contributed by atoms with E-state index in [4.69, 9.17) is 9.47 Å². The van der Waals surface area contributed by atoms with E-state index in [1.807, 2.05) is 12.1 Å². The van der Waals surface area contributed by atoms with Crippen LogP contribution in [0.3, 0.4) is 0 Å². The van der Waals surface area contributed by atoms with Crippen molar-refractivity contribution in [2.45, 2.75) is 50.9 Å². The summed E-state index contributed by atoms with van der Waals surface area (Å²) in [6.07, 6.45) is 9.19. The molecule has 1 N–H and O–H groups in total. The summed E-state index contributed by atoms with van der Waals surface area (Å²) in [6, 6.07) is 4.06. The highest BCUT2D eigenvalue weighted by Crippen LogP contribution is 2.26.